The summed E-state index contributed by atoms with van der Waals surface area (Å²) in [5.74, 6) is -0.814. The molecule has 1 atom stereocenters. The van der Waals surface area contributed by atoms with Crippen molar-refractivity contribution in [1.82, 2.24) is 19.2 Å². The van der Waals surface area contributed by atoms with Gasteiger partial charge in [-0.15, -0.1) is 0 Å². The zero-order valence-corrected chi connectivity index (χ0v) is 22.3. The Morgan fingerprint density at radius 3 is 2.49 bits per heavy atom. The largest absolute Gasteiger partial charge is 0.505 e. The number of aliphatic hydroxyl groups excluding tert-OH is 1. The average molecular weight is 505 g/mol. The second kappa shape index (κ2) is 11.2. The summed E-state index contributed by atoms with van der Waals surface area (Å²) in [6.45, 7) is 7.69. The van der Waals surface area contributed by atoms with Gasteiger partial charge in [-0.3, -0.25) is 9.59 Å². The fourth-order valence-corrected chi connectivity index (χ4v) is 4.77. The Hall–Kier alpha value is -3.65. The van der Waals surface area contributed by atoms with E-state index in [1.807, 2.05) is 79.8 Å². The fraction of sp³-hybridized carbons (Fsp3) is 0.414. The molecular weight excluding hydrogens is 468 g/mol. The van der Waals surface area contributed by atoms with Gasteiger partial charge in [0.15, 0.2) is 5.76 Å². The minimum atomic E-state index is -0.711. The highest BCUT2D eigenvalue weighted by atomic mass is 16.5. The van der Waals surface area contributed by atoms with Crippen molar-refractivity contribution in [3.05, 3.63) is 70.7 Å². The third kappa shape index (κ3) is 5.25. The zero-order valence-electron chi connectivity index (χ0n) is 22.3. The van der Waals surface area contributed by atoms with Gasteiger partial charge in [0.25, 0.3) is 11.7 Å². The molecule has 1 aliphatic heterocycles. The number of rotatable bonds is 10. The number of aliphatic hydroxyl groups is 1. The number of pyridine rings is 1. The number of ether oxygens (including phenoxy) is 1. The van der Waals surface area contributed by atoms with Crippen molar-refractivity contribution < 1.29 is 19.4 Å². The number of ketones is 1. The molecule has 2 aromatic heterocycles. The van der Waals surface area contributed by atoms with E-state index < -0.39 is 17.7 Å². The molecule has 0 saturated carbocycles. The van der Waals surface area contributed by atoms with Crippen molar-refractivity contribution in [1.29, 1.82) is 0 Å². The predicted octanol–water partition coefficient (Wildman–Crippen LogP) is 4.50. The first-order chi connectivity index (χ1) is 17.7. The minimum Gasteiger partial charge on any atom is -0.505 e. The van der Waals surface area contributed by atoms with Gasteiger partial charge in [0, 0.05) is 12.7 Å². The van der Waals surface area contributed by atoms with Gasteiger partial charge in [0.05, 0.1) is 23.9 Å². The number of unbranched alkanes of at least 4 members (excludes halogenated alkanes) is 1. The van der Waals surface area contributed by atoms with E-state index in [-0.39, 0.29) is 11.3 Å². The maximum atomic E-state index is 13.4. The topological polar surface area (TPSA) is 87.4 Å². The number of Topliss-reactive ketones (excluding diaryl/α,β-unsaturated/α-hetero) is 1. The highest BCUT2D eigenvalue weighted by molar-refractivity contribution is 6.46. The van der Waals surface area contributed by atoms with E-state index in [1.165, 1.54) is 0 Å². The number of carbonyl (C=O) groups excluding carboxylic acids is 2. The lowest BCUT2D eigenvalue weighted by Crippen LogP contribution is -2.32. The Kier molecular flexibility index (Phi) is 7.97. The van der Waals surface area contributed by atoms with Crippen LogP contribution in [0.5, 0.6) is 5.75 Å². The van der Waals surface area contributed by atoms with Crippen molar-refractivity contribution >= 4 is 23.1 Å². The first kappa shape index (κ1) is 26.4. The lowest BCUT2D eigenvalue weighted by Gasteiger charge is -2.26. The van der Waals surface area contributed by atoms with Gasteiger partial charge in [0.1, 0.15) is 17.1 Å². The minimum absolute atomic E-state index is 0.0682. The summed E-state index contributed by atoms with van der Waals surface area (Å²) < 4.78 is 7.69. The molecule has 0 spiro atoms. The molecule has 0 aliphatic carbocycles. The monoisotopic (exact) mass is 504 g/mol. The summed E-state index contributed by atoms with van der Waals surface area (Å²) in [5, 5.41) is 11.5. The van der Waals surface area contributed by atoms with Crippen LogP contribution in [0.25, 0.3) is 11.4 Å². The van der Waals surface area contributed by atoms with Crippen LogP contribution in [0.2, 0.25) is 0 Å². The molecule has 1 saturated heterocycles. The van der Waals surface area contributed by atoms with Gasteiger partial charge in [-0.1, -0.05) is 31.5 Å². The molecule has 8 heteroatoms. The number of nitrogens with zero attached hydrogens (tertiary/aromatic N) is 4. The summed E-state index contributed by atoms with van der Waals surface area (Å²) >= 11 is 0. The van der Waals surface area contributed by atoms with Crippen LogP contribution in [-0.2, 0) is 9.59 Å². The van der Waals surface area contributed by atoms with Gasteiger partial charge in [-0.2, -0.15) is 0 Å². The summed E-state index contributed by atoms with van der Waals surface area (Å²) in [5.41, 5.74) is 3.47. The van der Waals surface area contributed by atoms with Crippen LogP contribution in [0.1, 0.15) is 54.7 Å². The smallest absolute Gasteiger partial charge is 0.295 e. The lowest BCUT2D eigenvalue weighted by molar-refractivity contribution is -0.139. The summed E-state index contributed by atoms with van der Waals surface area (Å²) in [4.78, 5) is 34.9. The summed E-state index contributed by atoms with van der Waals surface area (Å²) in [6, 6.07) is 10.6. The van der Waals surface area contributed by atoms with E-state index in [0.717, 1.165) is 36.3 Å². The molecule has 4 rings (SSSR count). The number of fused-ring (bicyclic) bond motifs is 1. The van der Waals surface area contributed by atoms with Crippen LogP contribution in [0.3, 0.4) is 0 Å². The second-order valence-corrected chi connectivity index (χ2v) is 9.85. The predicted molar refractivity (Wildman–Crippen MR) is 144 cm³/mol. The van der Waals surface area contributed by atoms with Gasteiger partial charge in [0.2, 0.25) is 0 Å². The van der Waals surface area contributed by atoms with Crippen LogP contribution in [0, 0.1) is 13.8 Å². The van der Waals surface area contributed by atoms with Crippen LogP contribution in [0.15, 0.2) is 48.2 Å². The Bertz CT molecular complexity index is 1320. The number of carbonyl (C=O) groups is 2. The standard InChI is InChI=1S/C29H36N4O4/c1-6-7-18-37-22-13-11-21(12-14-22)25-23(27(35)29(36)33(25)17-9-15-31(4)5)26(34)24-20(3)32-16-8-10-19(2)28(32)30-24/h8,10-14,16,25,34H,6-7,9,15,17-18H2,1-5H3/b26-23+. The summed E-state index contributed by atoms with van der Waals surface area (Å²) in [7, 11) is 3.94. The van der Waals surface area contributed by atoms with Crippen molar-refractivity contribution in [2.45, 2.75) is 46.1 Å². The molecule has 1 aliphatic rings. The molecule has 3 heterocycles. The van der Waals surface area contributed by atoms with E-state index in [4.69, 9.17) is 4.74 Å². The van der Waals surface area contributed by atoms with Gasteiger partial charge in [-0.25, -0.2) is 4.98 Å². The van der Waals surface area contributed by atoms with Crippen LogP contribution >= 0.6 is 0 Å². The Morgan fingerprint density at radius 1 is 1.11 bits per heavy atom. The molecule has 1 N–H and O–H groups in total. The number of aromatic nitrogens is 2. The number of imidazole rings is 1. The van der Waals surface area contributed by atoms with Crippen molar-refractivity contribution in [3.8, 4) is 5.75 Å². The van der Waals surface area contributed by atoms with E-state index in [1.54, 1.807) is 4.90 Å². The molecule has 37 heavy (non-hydrogen) atoms. The van der Waals surface area contributed by atoms with Crippen molar-refractivity contribution in [2.75, 3.05) is 33.8 Å². The van der Waals surface area contributed by atoms with E-state index in [9.17, 15) is 14.7 Å². The number of hydrogen-bond donors (Lipinski definition) is 1. The molecule has 1 amide bonds. The molecule has 8 nitrogen and oxygen atoms in total. The number of aryl methyl sites for hydroxylation is 2. The normalized spacial score (nSPS) is 17.4. The second-order valence-electron chi connectivity index (χ2n) is 9.85. The molecule has 1 aromatic carbocycles. The zero-order chi connectivity index (χ0) is 26.7. The van der Waals surface area contributed by atoms with Crippen LogP contribution < -0.4 is 4.74 Å². The van der Waals surface area contributed by atoms with E-state index in [0.29, 0.717) is 36.6 Å². The maximum absolute atomic E-state index is 13.4. The third-order valence-corrected chi connectivity index (χ3v) is 6.82. The molecular formula is C29H36N4O4. The SMILES string of the molecule is CCCCOc1ccc(C2/C(=C(\O)c3nc4c(C)cccn4c3C)C(=O)C(=O)N2CCCN(C)C)cc1. The number of likely N-dealkylation sites (tertiary alicyclic amines) is 1. The molecule has 1 fully saturated rings. The maximum Gasteiger partial charge on any atom is 0.295 e. The third-order valence-electron chi connectivity index (χ3n) is 6.82. The molecule has 0 radical (unpaired) electrons. The Morgan fingerprint density at radius 2 is 1.84 bits per heavy atom. The number of hydrogen-bond acceptors (Lipinski definition) is 6. The fourth-order valence-electron chi connectivity index (χ4n) is 4.77. The Labute approximate surface area is 218 Å². The first-order valence-electron chi connectivity index (χ1n) is 12.8. The quantitative estimate of drug-likeness (QED) is 0.189. The van der Waals surface area contributed by atoms with Crippen LogP contribution in [0.4, 0.5) is 0 Å². The Balaban J connectivity index is 1.79. The van der Waals surface area contributed by atoms with Crippen LogP contribution in [-0.4, -0.2) is 69.8 Å². The molecule has 196 valence electrons. The number of amides is 1. The van der Waals surface area contributed by atoms with E-state index >= 15 is 0 Å². The first-order valence-corrected chi connectivity index (χ1v) is 12.8. The average Bonchev–Trinajstić information content (AvgIpc) is 3.34. The summed E-state index contributed by atoms with van der Waals surface area (Å²) in [6.07, 6.45) is 4.57. The molecule has 1 unspecified atom stereocenters. The van der Waals surface area contributed by atoms with Gasteiger partial charge in [-0.05, 0) is 76.7 Å². The highest BCUT2D eigenvalue weighted by Crippen LogP contribution is 2.40. The van der Waals surface area contributed by atoms with Gasteiger partial charge < -0.3 is 24.0 Å². The highest BCUT2D eigenvalue weighted by Gasteiger charge is 2.46. The van der Waals surface area contributed by atoms with Crippen molar-refractivity contribution in [3.63, 3.8) is 0 Å². The molecule has 0 bridgehead atoms. The van der Waals surface area contributed by atoms with E-state index in [2.05, 4.69) is 11.9 Å². The van der Waals surface area contributed by atoms with Gasteiger partial charge >= 0.3 is 0 Å². The number of benzene rings is 1. The van der Waals surface area contributed by atoms with Crippen molar-refractivity contribution in [2.24, 2.45) is 0 Å². The lowest BCUT2D eigenvalue weighted by atomic mass is 9.96. The molecule has 3 aromatic rings.